The highest BCUT2D eigenvalue weighted by Crippen LogP contribution is 2.45. The quantitative estimate of drug-likeness (QED) is 0.147. The molecule has 5 rings (SSSR count). The molecule has 236 valence electrons. The van der Waals surface area contributed by atoms with E-state index in [1.54, 1.807) is 18.3 Å². The molecule has 1 fully saturated rings. The van der Waals surface area contributed by atoms with Gasteiger partial charge in [0.25, 0.3) is 0 Å². The molecule has 0 atom stereocenters. The Bertz CT molecular complexity index is 1490. The van der Waals surface area contributed by atoms with Crippen molar-refractivity contribution in [2.24, 2.45) is 5.92 Å². The number of pyridine rings is 1. The fraction of sp³-hybridized carbons (Fsp3) is 0.344. The van der Waals surface area contributed by atoms with E-state index in [0.29, 0.717) is 64.0 Å². The molecule has 0 amide bonds. The van der Waals surface area contributed by atoms with Crippen LogP contribution in [0.4, 0.5) is 28.7 Å². The minimum Gasteiger partial charge on any atom is -0.495 e. The highest BCUT2D eigenvalue weighted by atomic mass is 35.5. The van der Waals surface area contributed by atoms with E-state index in [0.717, 1.165) is 18.8 Å². The van der Waals surface area contributed by atoms with Crippen LogP contribution in [0.5, 0.6) is 17.2 Å². The Morgan fingerprint density at radius 1 is 0.909 bits per heavy atom. The summed E-state index contributed by atoms with van der Waals surface area (Å²) >= 11 is 13.1. The molecule has 1 saturated heterocycles. The molecule has 0 spiro atoms. The molecule has 0 saturated carbocycles. The van der Waals surface area contributed by atoms with Crippen molar-refractivity contribution in [2.45, 2.75) is 27.7 Å². The fourth-order valence-electron chi connectivity index (χ4n) is 4.43. The van der Waals surface area contributed by atoms with Crippen molar-refractivity contribution >= 4 is 51.9 Å². The number of nitrogens with one attached hydrogen (secondary N) is 2. The molecule has 4 N–H and O–H groups in total. The first-order valence-electron chi connectivity index (χ1n) is 14.5. The average Bonchev–Trinajstić information content (AvgIpc) is 3.04. The van der Waals surface area contributed by atoms with Crippen LogP contribution in [0.15, 0.2) is 55.0 Å². The van der Waals surface area contributed by atoms with Crippen LogP contribution in [0.2, 0.25) is 10.0 Å². The lowest BCUT2D eigenvalue weighted by Crippen LogP contribution is -2.46. The van der Waals surface area contributed by atoms with Crippen LogP contribution >= 0.6 is 23.2 Å². The highest BCUT2D eigenvalue weighted by Gasteiger charge is 2.24. The predicted molar refractivity (Wildman–Crippen MR) is 181 cm³/mol. The van der Waals surface area contributed by atoms with Crippen LogP contribution in [-0.4, -0.2) is 60.8 Å². The Hall–Kier alpha value is -3.99. The van der Waals surface area contributed by atoms with Gasteiger partial charge < -0.3 is 35.5 Å². The zero-order chi connectivity index (χ0) is 32.2. The van der Waals surface area contributed by atoms with Crippen LogP contribution in [0.1, 0.15) is 27.7 Å². The van der Waals surface area contributed by atoms with Gasteiger partial charge in [0.1, 0.15) is 45.3 Å². The lowest BCUT2D eigenvalue weighted by atomic mass is 10.0. The summed E-state index contributed by atoms with van der Waals surface area (Å²) in [7, 11) is 5.13. The number of halogens is 2. The van der Waals surface area contributed by atoms with E-state index in [-0.39, 0.29) is 10.0 Å². The van der Waals surface area contributed by atoms with Crippen molar-refractivity contribution in [1.29, 1.82) is 0 Å². The molecule has 4 aromatic rings. The maximum absolute atomic E-state index is 6.57. The van der Waals surface area contributed by atoms with E-state index < -0.39 is 0 Å². The number of rotatable bonds is 10. The first-order chi connectivity index (χ1) is 21.4. The molecule has 44 heavy (non-hydrogen) atoms. The lowest BCUT2D eigenvalue weighted by molar-refractivity contribution is 0.0858. The van der Waals surface area contributed by atoms with Gasteiger partial charge in [-0.05, 0) is 31.3 Å². The number of anilines is 5. The number of benzene rings is 2. The second kappa shape index (κ2) is 16.7. The van der Waals surface area contributed by atoms with Gasteiger partial charge in [-0.25, -0.2) is 15.0 Å². The Balaban J connectivity index is 0.00000127. The Morgan fingerprint density at radius 3 is 2.20 bits per heavy atom. The number of methoxy groups -OCH3 is 2. The number of nitrogens with two attached hydrogens (primary N) is 1. The molecule has 10 nitrogen and oxygen atoms in total. The van der Waals surface area contributed by atoms with Gasteiger partial charge >= 0.3 is 0 Å². The molecule has 2 aromatic heterocycles. The largest absolute Gasteiger partial charge is 0.495 e. The van der Waals surface area contributed by atoms with Gasteiger partial charge in [0.05, 0.1) is 43.6 Å². The highest BCUT2D eigenvalue weighted by molar-refractivity contribution is 6.41. The van der Waals surface area contributed by atoms with E-state index in [2.05, 4.69) is 37.5 Å². The maximum atomic E-state index is 6.57. The third kappa shape index (κ3) is 8.34. The van der Waals surface area contributed by atoms with Gasteiger partial charge in [-0.2, -0.15) is 0 Å². The van der Waals surface area contributed by atoms with Crippen molar-refractivity contribution in [3.63, 3.8) is 0 Å². The number of hydrogen-bond donors (Lipinski definition) is 3. The van der Waals surface area contributed by atoms with E-state index in [4.69, 9.17) is 43.1 Å². The van der Waals surface area contributed by atoms with Crippen LogP contribution in [0.3, 0.4) is 0 Å². The van der Waals surface area contributed by atoms with Crippen LogP contribution < -0.4 is 30.6 Å². The number of aromatic nitrogens is 3. The maximum Gasteiger partial charge on any atom is 0.143 e. The Labute approximate surface area is 269 Å². The third-order valence-corrected chi connectivity index (χ3v) is 7.23. The van der Waals surface area contributed by atoms with Crippen molar-refractivity contribution in [3.05, 3.63) is 65.0 Å². The SMILES string of the molecule is CC.CC.COc1cc(OC)c(Cl)c(Nc2ncccc2-c2cc(Nc3ccc(OCC4CN(C)C4)cc3N)ncn2)c1Cl. The van der Waals surface area contributed by atoms with E-state index in [1.807, 2.05) is 58.0 Å². The fourth-order valence-corrected chi connectivity index (χ4v) is 5.02. The van der Waals surface area contributed by atoms with E-state index >= 15 is 0 Å². The summed E-state index contributed by atoms with van der Waals surface area (Å²) in [5, 5.41) is 7.06. The summed E-state index contributed by atoms with van der Waals surface area (Å²) in [6.07, 6.45) is 3.12. The van der Waals surface area contributed by atoms with Crippen molar-refractivity contribution in [3.8, 4) is 28.5 Å². The summed E-state index contributed by atoms with van der Waals surface area (Å²) in [4.78, 5) is 15.6. The van der Waals surface area contributed by atoms with Crippen molar-refractivity contribution in [2.75, 3.05) is 57.3 Å². The van der Waals surface area contributed by atoms with Crippen LogP contribution in [0, 0.1) is 5.92 Å². The zero-order valence-corrected chi connectivity index (χ0v) is 27.8. The molecule has 0 aliphatic carbocycles. The Morgan fingerprint density at radius 2 is 1.59 bits per heavy atom. The van der Waals surface area contributed by atoms with Gasteiger partial charge in [-0.1, -0.05) is 50.9 Å². The Kier molecular flexibility index (Phi) is 13.1. The predicted octanol–water partition coefficient (Wildman–Crippen LogP) is 7.92. The molecule has 1 aliphatic rings. The molecule has 3 heterocycles. The second-order valence-electron chi connectivity index (χ2n) is 9.37. The monoisotopic (exact) mass is 641 g/mol. The number of likely N-dealkylation sites (tertiary alicyclic amines) is 1. The van der Waals surface area contributed by atoms with E-state index in [1.165, 1.54) is 20.5 Å². The van der Waals surface area contributed by atoms with Gasteiger partial charge in [0, 0.05) is 49.0 Å². The normalized spacial score (nSPS) is 12.5. The van der Waals surface area contributed by atoms with Gasteiger partial charge in [-0.3, -0.25) is 0 Å². The first kappa shape index (κ1) is 34.5. The van der Waals surface area contributed by atoms with Crippen LogP contribution in [0.25, 0.3) is 11.3 Å². The molecule has 0 unspecified atom stereocenters. The first-order valence-corrected chi connectivity index (χ1v) is 15.2. The van der Waals surface area contributed by atoms with Gasteiger partial charge in [0.15, 0.2) is 0 Å². The topological polar surface area (TPSA) is 120 Å². The third-order valence-electron chi connectivity index (χ3n) is 6.48. The molecular weight excluding hydrogens is 601 g/mol. The average molecular weight is 643 g/mol. The molecule has 0 bridgehead atoms. The van der Waals surface area contributed by atoms with Gasteiger partial charge in [0.2, 0.25) is 0 Å². The number of nitrogen functional groups attached to an aromatic ring is 1. The number of hydrogen-bond acceptors (Lipinski definition) is 10. The standard InChI is InChI=1S/C28H29Cl2N7O3.2C2H6/c1-37-12-16(13-37)14-40-17-6-7-20(19(31)9-17)35-24-10-21(33-15-34-24)18-5-4-8-32-28(18)36-27-25(29)22(38-2)11-23(39-3)26(27)30;2*1-2/h4-11,15-16H,12-14,31H2,1-3H3,(H,32,36)(H,33,34,35);2*1-2H3. The summed E-state index contributed by atoms with van der Waals surface area (Å²) in [5.74, 6) is 3.12. The summed E-state index contributed by atoms with van der Waals surface area (Å²) < 4.78 is 16.7. The summed E-state index contributed by atoms with van der Waals surface area (Å²) in [6.45, 7) is 10.8. The van der Waals surface area contributed by atoms with Crippen molar-refractivity contribution in [1.82, 2.24) is 19.9 Å². The molecular formula is C32H41Cl2N7O3. The smallest absolute Gasteiger partial charge is 0.143 e. The molecule has 2 aromatic carbocycles. The van der Waals surface area contributed by atoms with Crippen molar-refractivity contribution < 1.29 is 14.2 Å². The lowest BCUT2D eigenvalue weighted by Gasteiger charge is -2.35. The zero-order valence-electron chi connectivity index (χ0n) is 26.2. The minimum absolute atomic E-state index is 0.290. The van der Waals surface area contributed by atoms with E-state index in [9.17, 15) is 0 Å². The number of nitrogens with zero attached hydrogens (tertiary/aromatic N) is 4. The minimum atomic E-state index is 0.290. The van der Waals surface area contributed by atoms with Gasteiger partial charge in [-0.15, -0.1) is 0 Å². The summed E-state index contributed by atoms with van der Waals surface area (Å²) in [6, 6.07) is 12.7. The summed E-state index contributed by atoms with van der Waals surface area (Å²) in [5.41, 5.74) is 9.26. The number of ether oxygens (including phenoxy) is 3. The second-order valence-corrected chi connectivity index (χ2v) is 10.1. The molecule has 1 aliphatic heterocycles. The molecule has 0 radical (unpaired) electrons. The van der Waals surface area contributed by atoms with Crippen LogP contribution in [-0.2, 0) is 0 Å². The molecule has 12 heteroatoms.